The molecule has 0 unspecified atom stereocenters. The zero-order valence-electron chi connectivity index (χ0n) is 34.6. The Bertz CT molecular complexity index is 3470. The molecule has 12 rings (SSSR count). The Balaban J connectivity index is 1.10. The molecule has 0 amide bonds. The third kappa shape index (κ3) is 6.17. The lowest BCUT2D eigenvalue weighted by molar-refractivity contribution is 0.445. The molecule has 62 heavy (non-hydrogen) atoms. The lowest BCUT2D eigenvalue weighted by Gasteiger charge is -2.31. The van der Waals surface area contributed by atoms with E-state index in [1.807, 2.05) is 6.07 Å². The zero-order chi connectivity index (χ0) is 41.0. The van der Waals surface area contributed by atoms with Gasteiger partial charge in [0.05, 0.1) is 11.4 Å². The van der Waals surface area contributed by atoms with Crippen LogP contribution in [-0.2, 0) is 0 Å². The molecule has 0 radical (unpaired) electrons. The van der Waals surface area contributed by atoms with E-state index in [1.54, 1.807) is 0 Å². The molecule has 0 bridgehead atoms. The van der Waals surface area contributed by atoms with Crippen molar-refractivity contribution in [2.75, 3.05) is 4.90 Å². The van der Waals surface area contributed by atoms with E-state index in [4.69, 9.17) is 4.42 Å². The Morgan fingerprint density at radius 2 is 1.00 bits per heavy atom. The summed E-state index contributed by atoms with van der Waals surface area (Å²) in [6.07, 6.45) is 6.44. The fourth-order valence-electron chi connectivity index (χ4n) is 10.6. The summed E-state index contributed by atoms with van der Waals surface area (Å²) in [6.45, 7) is 0. The maximum absolute atomic E-state index is 6.31. The van der Waals surface area contributed by atoms with Crippen LogP contribution in [0.3, 0.4) is 0 Å². The van der Waals surface area contributed by atoms with Gasteiger partial charge in [0.2, 0.25) is 0 Å². The van der Waals surface area contributed by atoms with Gasteiger partial charge in [-0.15, -0.1) is 0 Å². The molecule has 1 aromatic heterocycles. The highest BCUT2D eigenvalue weighted by Gasteiger charge is 2.25. The minimum Gasteiger partial charge on any atom is -0.456 e. The SMILES string of the molecule is c1cc(-c2cccc3c2ccc2ccccc23)cc(N(c2ccccc2-c2ccc3oc4ccccc4c3c2)c2ccccc2-c2cccc3cccc(C4CCCCC4)c23)c1. The Labute approximate surface area is 362 Å². The van der Waals surface area contributed by atoms with Crippen LogP contribution in [0.2, 0.25) is 0 Å². The first kappa shape index (κ1) is 36.4. The number of hydrogen-bond donors (Lipinski definition) is 0. The maximum Gasteiger partial charge on any atom is 0.135 e. The largest absolute Gasteiger partial charge is 0.456 e. The monoisotopic (exact) mass is 795 g/mol. The van der Waals surface area contributed by atoms with Gasteiger partial charge in [0, 0.05) is 27.6 Å². The molecule has 0 aliphatic heterocycles. The second kappa shape index (κ2) is 15.2. The van der Waals surface area contributed by atoms with Crippen molar-refractivity contribution in [2.45, 2.75) is 38.0 Å². The van der Waals surface area contributed by atoms with Crippen LogP contribution in [0.1, 0.15) is 43.6 Å². The van der Waals surface area contributed by atoms with Gasteiger partial charge in [-0.25, -0.2) is 0 Å². The van der Waals surface area contributed by atoms with Gasteiger partial charge in [-0.3, -0.25) is 0 Å². The molecule has 1 fully saturated rings. The van der Waals surface area contributed by atoms with Gasteiger partial charge in [0.15, 0.2) is 0 Å². The summed E-state index contributed by atoms with van der Waals surface area (Å²) in [5.41, 5.74) is 13.8. The molecular weight excluding hydrogens is 751 g/mol. The van der Waals surface area contributed by atoms with Crippen molar-refractivity contribution >= 4 is 71.3 Å². The zero-order valence-corrected chi connectivity index (χ0v) is 34.6. The van der Waals surface area contributed by atoms with Gasteiger partial charge in [0.25, 0.3) is 0 Å². The maximum atomic E-state index is 6.31. The highest BCUT2D eigenvalue weighted by atomic mass is 16.3. The molecule has 1 heterocycles. The van der Waals surface area contributed by atoms with E-state index in [9.17, 15) is 0 Å². The van der Waals surface area contributed by atoms with Crippen molar-refractivity contribution in [3.05, 3.63) is 212 Å². The molecule has 10 aromatic carbocycles. The predicted molar refractivity (Wildman–Crippen MR) is 263 cm³/mol. The molecule has 0 saturated heterocycles. The van der Waals surface area contributed by atoms with Crippen molar-refractivity contribution in [1.29, 1.82) is 0 Å². The lowest BCUT2D eigenvalue weighted by atomic mass is 9.80. The third-order valence-corrected chi connectivity index (χ3v) is 13.5. The molecule has 0 atom stereocenters. The molecule has 1 aliphatic rings. The van der Waals surface area contributed by atoms with Crippen LogP contribution in [-0.4, -0.2) is 0 Å². The molecular formula is C60H45NO. The van der Waals surface area contributed by atoms with E-state index >= 15 is 0 Å². The Kier molecular flexibility index (Phi) is 8.96. The van der Waals surface area contributed by atoms with Crippen LogP contribution >= 0.6 is 0 Å². The van der Waals surface area contributed by atoms with Crippen molar-refractivity contribution in [3.8, 4) is 33.4 Å². The minimum absolute atomic E-state index is 0.570. The van der Waals surface area contributed by atoms with Crippen LogP contribution in [0, 0.1) is 0 Å². The summed E-state index contributed by atoms with van der Waals surface area (Å²) in [5.74, 6) is 0.570. The van der Waals surface area contributed by atoms with Gasteiger partial charge >= 0.3 is 0 Å². The summed E-state index contributed by atoms with van der Waals surface area (Å²) in [4.78, 5) is 2.51. The van der Waals surface area contributed by atoms with Crippen LogP contribution in [0.25, 0.3) is 87.6 Å². The number of para-hydroxylation sites is 3. The van der Waals surface area contributed by atoms with Gasteiger partial charge in [-0.05, 0) is 121 Å². The van der Waals surface area contributed by atoms with Crippen molar-refractivity contribution < 1.29 is 4.42 Å². The van der Waals surface area contributed by atoms with Crippen LogP contribution < -0.4 is 4.90 Å². The molecule has 0 N–H and O–H groups in total. The fraction of sp³-hybridized carbons (Fsp3) is 0.100. The second-order valence-electron chi connectivity index (χ2n) is 17.0. The molecule has 1 aliphatic carbocycles. The third-order valence-electron chi connectivity index (χ3n) is 13.5. The van der Waals surface area contributed by atoms with E-state index in [1.165, 1.54) is 92.2 Å². The second-order valence-corrected chi connectivity index (χ2v) is 17.0. The lowest BCUT2D eigenvalue weighted by Crippen LogP contribution is -2.13. The Morgan fingerprint density at radius 1 is 0.371 bits per heavy atom. The number of fused-ring (bicyclic) bond motifs is 7. The normalized spacial score (nSPS) is 13.4. The smallest absolute Gasteiger partial charge is 0.135 e. The van der Waals surface area contributed by atoms with E-state index in [0.29, 0.717) is 5.92 Å². The van der Waals surface area contributed by atoms with Gasteiger partial charge in [-0.2, -0.15) is 0 Å². The summed E-state index contributed by atoms with van der Waals surface area (Å²) in [5, 5.41) is 9.99. The summed E-state index contributed by atoms with van der Waals surface area (Å²) < 4.78 is 6.31. The van der Waals surface area contributed by atoms with Crippen molar-refractivity contribution in [2.24, 2.45) is 0 Å². The highest BCUT2D eigenvalue weighted by molar-refractivity contribution is 6.13. The van der Waals surface area contributed by atoms with Crippen molar-refractivity contribution in [1.82, 2.24) is 0 Å². The van der Waals surface area contributed by atoms with E-state index in [2.05, 4.69) is 205 Å². The number of anilines is 3. The standard InChI is InChI=1S/C60H45NO/c1-2-16-40(17-3-1)49-28-13-19-42-20-14-30-54(60(42)49)52-25-7-10-32-57(52)61(56-31-9-6-24-48(56)44-35-37-59-55(39-44)53-26-8-11-33-58(53)62-59)45-22-12-21-43(38-45)47-27-15-29-50-46-23-5-4-18-41(46)34-36-51(47)50/h4-15,18-40H,1-3,16-17H2. The molecule has 2 heteroatoms. The summed E-state index contributed by atoms with van der Waals surface area (Å²) in [6, 6.07) is 76.0. The summed E-state index contributed by atoms with van der Waals surface area (Å²) in [7, 11) is 0. The molecule has 2 nitrogen and oxygen atoms in total. The van der Waals surface area contributed by atoms with E-state index in [0.717, 1.165) is 50.1 Å². The van der Waals surface area contributed by atoms with Gasteiger partial charge in [0.1, 0.15) is 11.2 Å². The van der Waals surface area contributed by atoms with Crippen LogP contribution in [0.15, 0.2) is 211 Å². The molecule has 1 saturated carbocycles. The number of rotatable bonds is 7. The Hall–Kier alpha value is -7.42. The van der Waals surface area contributed by atoms with Crippen molar-refractivity contribution in [3.63, 3.8) is 0 Å². The fourth-order valence-corrected chi connectivity index (χ4v) is 10.6. The molecule has 296 valence electrons. The topological polar surface area (TPSA) is 16.4 Å². The van der Waals surface area contributed by atoms with Gasteiger partial charge < -0.3 is 9.32 Å². The average molecular weight is 796 g/mol. The predicted octanol–water partition coefficient (Wildman–Crippen LogP) is 17.6. The molecule has 11 aromatic rings. The quantitative estimate of drug-likeness (QED) is 0.149. The minimum atomic E-state index is 0.570. The number of benzene rings is 10. The first-order valence-electron chi connectivity index (χ1n) is 22.2. The van der Waals surface area contributed by atoms with Crippen LogP contribution in [0.4, 0.5) is 17.1 Å². The first-order valence-corrected chi connectivity index (χ1v) is 22.2. The number of furan rings is 1. The first-order chi connectivity index (χ1) is 30.8. The molecule has 0 spiro atoms. The van der Waals surface area contributed by atoms with Crippen LogP contribution in [0.5, 0.6) is 0 Å². The summed E-state index contributed by atoms with van der Waals surface area (Å²) >= 11 is 0. The van der Waals surface area contributed by atoms with E-state index < -0.39 is 0 Å². The average Bonchev–Trinajstić information content (AvgIpc) is 3.72. The Morgan fingerprint density at radius 3 is 1.89 bits per heavy atom. The number of nitrogens with zero attached hydrogens (tertiary/aromatic N) is 1. The van der Waals surface area contributed by atoms with Gasteiger partial charge in [-0.1, -0.05) is 183 Å². The number of hydrogen-bond acceptors (Lipinski definition) is 2. The van der Waals surface area contributed by atoms with E-state index in [-0.39, 0.29) is 0 Å². The highest BCUT2D eigenvalue weighted by Crippen LogP contribution is 2.49.